The van der Waals surface area contributed by atoms with E-state index in [0.717, 1.165) is 0 Å². The van der Waals surface area contributed by atoms with Crippen molar-refractivity contribution in [3.05, 3.63) is 34.9 Å². The molecule has 1 aliphatic rings. The van der Waals surface area contributed by atoms with Crippen LogP contribution in [0.1, 0.15) is 29.5 Å². The lowest BCUT2D eigenvalue weighted by Gasteiger charge is -2.40. The number of carbonyl (C=O) groups excluding carboxylic acids is 1. The molecule has 0 amide bonds. The highest BCUT2D eigenvalue weighted by Crippen LogP contribution is 2.40. The first-order chi connectivity index (χ1) is 7.05. The minimum Gasteiger partial charge on any atom is -0.330 e. The molecule has 0 aliphatic heterocycles. The van der Waals surface area contributed by atoms with Gasteiger partial charge in [0.1, 0.15) is 5.78 Å². The first-order valence-electron chi connectivity index (χ1n) is 5.36. The van der Waals surface area contributed by atoms with E-state index in [0.29, 0.717) is 25.2 Å². The van der Waals surface area contributed by atoms with Crippen LogP contribution in [0.15, 0.2) is 18.2 Å². The van der Waals surface area contributed by atoms with Crippen LogP contribution in [0.5, 0.6) is 0 Å². The van der Waals surface area contributed by atoms with Gasteiger partial charge in [-0.25, -0.2) is 0 Å². The molecule has 1 aromatic carbocycles. The Morgan fingerprint density at radius 3 is 2.13 bits per heavy atom. The lowest BCUT2D eigenvalue weighted by atomic mass is 9.63. The number of carbonyl (C=O) groups is 1. The third-order valence-electron chi connectivity index (χ3n) is 3.30. The van der Waals surface area contributed by atoms with E-state index in [4.69, 9.17) is 5.73 Å². The van der Waals surface area contributed by atoms with E-state index in [-0.39, 0.29) is 5.41 Å². The van der Waals surface area contributed by atoms with Crippen LogP contribution in [0.25, 0.3) is 0 Å². The molecule has 80 valence electrons. The Hall–Kier alpha value is -1.15. The maximum Gasteiger partial charge on any atom is 0.134 e. The summed E-state index contributed by atoms with van der Waals surface area (Å²) < 4.78 is 0. The zero-order valence-electron chi connectivity index (χ0n) is 9.34. The van der Waals surface area contributed by atoms with Crippen molar-refractivity contribution in [2.75, 3.05) is 6.54 Å². The predicted octanol–water partition coefficient (Wildman–Crippen LogP) is 1.86. The summed E-state index contributed by atoms with van der Waals surface area (Å²) in [6.07, 6.45) is 1.23. The molecule has 15 heavy (non-hydrogen) atoms. The second-order valence-corrected chi connectivity index (χ2v) is 4.75. The molecule has 0 heterocycles. The molecule has 2 N–H and O–H groups in total. The summed E-state index contributed by atoms with van der Waals surface area (Å²) in [7, 11) is 0. The van der Waals surface area contributed by atoms with Crippen LogP contribution < -0.4 is 5.73 Å². The van der Waals surface area contributed by atoms with Crippen molar-refractivity contribution in [3.8, 4) is 0 Å². The molecular weight excluding hydrogens is 186 g/mol. The minimum atomic E-state index is -0.0616. The number of aryl methyl sites for hydroxylation is 2. The molecule has 1 saturated carbocycles. The highest BCUT2D eigenvalue weighted by Gasteiger charge is 2.43. The highest BCUT2D eigenvalue weighted by molar-refractivity contribution is 5.88. The first-order valence-corrected chi connectivity index (χ1v) is 5.36. The third kappa shape index (κ3) is 1.70. The van der Waals surface area contributed by atoms with Gasteiger partial charge in [-0.1, -0.05) is 29.3 Å². The molecule has 0 bridgehead atoms. The summed E-state index contributed by atoms with van der Waals surface area (Å²) in [5.41, 5.74) is 9.48. The van der Waals surface area contributed by atoms with Gasteiger partial charge in [0.05, 0.1) is 0 Å². The van der Waals surface area contributed by atoms with Gasteiger partial charge in [0.15, 0.2) is 0 Å². The van der Waals surface area contributed by atoms with Gasteiger partial charge in [-0.2, -0.15) is 0 Å². The van der Waals surface area contributed by atoms with Crippen LogP contribution in [0.3, 0.4) is 0 Å². The van der Waals surface area contributed by atoms with Crippen molar-refractivity contribution in [1.29, 1.82) is 0 Å². The maximum absolute atomic E-state index is 11.2. The molecule has 0 saturated heterocycles. The molecule has 1 fully saturated rings. The Balaban J connectivity index is 2.39. The quantitative estimate of drug-likeness (QED) is 0.797. The molecule has 0 radical (unpaired) electrons. The zero-order valence-corrected chi connectivity index (χ0v) is 9.34. The van der Waals surface area contributed by atoms with Gasteiger partial charge in [0.25, 0.3) is 0 Å². The van der Waals surface area contributed by atoms with Gasteiger partial charge in [0.2, 0.25) is 0 Å². The Kier molecular flexibility index (Phi) is 2.39. The van der Waals surface area contributed by atoms with Gasteiger partial charge < -0.3 is 5.73 Å². The molecule has 2 rings (SSSR count). The summed E-state index contributed by atoms with van der Waals surface area (Å²) in [5.74, 6) is 0.333. The van der Waals surface area contributed by atoms with E-state index in [1.807, 2.05) is 0 Å². The largest absolute Gasteiger partial charge is 0.330 e. The fraction of sp³-hybridized carbons (Fsp3) is 0.462. The first kappa shape index (κ1) is 10.4. The summed E-state index contributed by atoms with van der Waals surface area (Å²) in [6.45, 7) is 4.74. The number of nitrogens with two attached hydrogens (primary N) is 1. The summed E-state index contributed by atoms with van der Waals surface area (Å²) in [6, 6.07) is 6.47. The fourth-order valence-corrected chi connectivity index (χ4v) is 2.45. The molecular formula is C13H17NO. The Bertz CT molecular complexity index is 381. The van der Waals surface area contributed by atoms with Gasteiger partial charge in [0, 0.05) is 24.8 Å². The zero-order chi connectivity index (χ0) is 11.1. The summed E-state index contributed by atoms with van der Waals surface area (Å²) >= 11 is 0. The Labute approximate surface area is 90.5 Å². The number of Topliss-reactive ketones (excluding diaryl/α,β-unsaturated/α-hetero) is 1. The van der Waals surface area contributed by atoms with Crippen molar-refractivity contribution >= 4 is 5.78 Å². The Morgan fingerprint density at radius 1 is 1.20 bits per heavy atom. The topological polar surface area (TPSA) is 43.1 Å². The standard InChI is InChI=1S/C13H17NO/c1-9-3-10(2)5-11(4-9)13(8-14)6-12(15)7-13/h3-5H,6-8,14H2,1-2H3. The van der Waals surface area contributed by atoms with Crippen LogP contribution >= 0.6 is 0 Å². The van der Waals surface area contributed by atoms with Gasteiger partial charge in [-0.05, 0) is 19.4 Å². The Morgan fingerprint density at radius 2 is 1.73 bits per heavy atom. The monoisotopic (exact) mass is 203 g/mol. The van der Waals surface area contributed by atoms with Gasteiger partial charge in [-0.15, -0.1) is 0 Å². The van der Waals surface area contributed by atoms with Crippen molar-refractivity contribution in [3.63, 3.8) is 0 Å². The maximum atomic E-state index is 11.2. The molecule has 1 aliphatic carbocycles. The fourth-order valence-electron chi connectivity index (χ4n) is 2.45. The SMILES string of the molecule is Cc1cc(C)cc(C2(CN)CC(=O)C2)c1. The van der Waals surface area contributed by atoms with E-state index in [9.17, 15) is 4.79 Å². The molecule has 2 heteroatoms. The minimum absolute atomic E-state index is 0.0616. The molecule has 0 aromatic heterocycles. The van der Waals surface area contributed by atoms with E-state index in [1.165, 1.54) is 16.7 Å². The van der Waals surface area contributed by atoms with E-state index in [2.05, 4.69) is 32.0 Å². The average Bonchev–Trinajstić information content (AvgIpc) is 2.10. The number of hydrogen-bond donors (Lipinski definition) is 1. The number of rotatable bonds is 2. The molecule has 0 atom stereocenters. The summed E-state index contributed by atoms with van der Waals surface area (Å²) in [4.78, 5) is 11.2. The molecule has 0 spiro atoms. The van der Waals surface area contributed by atoms with Gasteiger partial charge in [-0.3, -0.25) is 4.79 Å². The molecule has 2 nitrogen and oxygen atoms in total. The van der Waals surface area contributed by atoms with Gasteiger partial charge >= 0.3 is 0 Å². The van der Waals surface area contributed by atoms with E-state index in [1.54, 1.807) is 0 Å². The predicted molar refractivity (Wildman–Crippen MR) is 60.9 cm³/mol. The third-order valence-corrected chi connectivity index (χ3v) is 3.30. The smallest absolute Gasteiger partial charge is 0.134 e. The van der Waals surface area contributed by atoms with Crippen molar-refractivity contribution in [1.82, 2.24) is 0 Å². The second kappa shape index (κ2) is 3.46. The molecule has 0 unspecified atom stereocenters. The van der Waals surface area contributed by atoms with Crippen molar-refractivity contribution in [2.45, 2.75) is 32.1 Å². The van der Waals surface area contributed by atoms with Crippen LogP contribution in [0, 0.1) is 13.8 Å². The van der Waals surface area contributed by atoms with Crippen molar-refractivity contribution < 1.29 is 4.79 Å². The highest BCUT2D eigenvalue weighted by atomic mass is 16.1. The van der Waals surface area contributed by atoms with E-state index < -0.39 is 0 Å². The van der Waals surface area contributed by atoms with Crippen LogP contribution in [-0.2, 0) is 10.2 Å². The van der Waals surface area contributed by atoms with Crippen LogP contribution in [-0.4, -0.2) is 12.3 Å². The molecule has 1 aromatic rings. The second-order valence-electron chi connectivity index (χ2n) is 4.75. The van der Waals surface area contributed by atoms with Crippen molar-refractivity contribution in [2.24, 2.45) is 5.73 Å². The number of hydrogen-bond acceptors (Lipinski definition) is 2. The normalized spacial score (nSPS) is 18.7. The van der Waals surface area contributed by atoms with Crippen LogP contribution in [0.2, 0.25) is 0 Å². The number of benzene rings is 1. The lowest BCUT2D eigenvalue weighted by Crippen LogP contribution is -2.47. The average molecular weight is 203 g/mol. The summed E-state index contributed by atoms with van der Waals surface area (Å²) in [5, 5.41) is 0. The lowest BCUT2D eigenvalue weighted by molar-refractivity contribution is -0.128. The van der Waals surface area contributed by atoms with E-state index >= 15 is 0 Å². The van der Waals surface area contributed by atoms with Crippen LogP contribution in [0.4, 0.5) is 0 Å². The number of ketones is 1.